The smallest absolute Gasteiger partial charge is 0.246 e. The van der Waals surface area contributed by atoms with E-state index in [1.165, 1.54) is 0 Å². The second-order valence-electron chi connectivity index (χ2n) is 7.54. The first-order valence-corrected chi connectivity index (χ1v) is 10.4. The molecule has 1 aromatic heterocycles. The van der Waals surface area contributed by atoms with E-state index in [-0.39, 0.29) is 12.7 Å². The third-order valence-electron chi connectivity index (χ3n) is 5.40. The summed E-state index contributed by atoms with van der Waals surface area (Å²) in [6.45, 7) is 5.28. The molecule has 0 spiro atoms. The lowest BCUT2D eigenvalue weighted by atomic mass is 10.1. The Morgan fingerprint density at radius 2 is 1.97 bits per heavy atom. The number of benzene rings is 2. The molecule has 1 aliphatic heterocycles. The van der Waals surface area contributed by atoms with Crippen molar-refractivity contribution in [2.75, 3.05) is 13.8 Å². The van der Waals surface area contributed by atoms with E-state index in [0.717, 1.165) is 38.9 Å². The lowest BCUT2D eigenvalue weighted by molar-refractivity contribution is -0.125. The summed E-state index contributed by atoms with van der Waals surface area (Å²) in [7, 11) is 1.79. The Morgan fingerprint density at radius 1 is 1.19 bits per heavy atom. The second-order valence-corrected chi connectivity index (χ2v) is 7.95. The molecule has 2 aromatic carbocycles. The lowest BCUT2D eigenvalue weighted by Gasteiger charge is -2.16. The van der Waals surface area contributed by atoms with Gasteiger partial charge in [-0.25, -0.2) is 0 Å². The fraction of sp³-hybridized carbons (Fsp3) is 0.250. The van der Waals surface area contributed by atoms with Crippen LogP contribution in [-0.4, -0.2) is 34.4 Å². The maximum atomic E-state index is 12.7. The zero-order valence-corrected chi connectivity index (χ0v) is 18.5. The van der Waals surface area contributed by atoms with Crippen molar-refractivity contribution in [3.63, 3.8) is 0 Å². The van der Waals surface area contributed by atoms with Crippen molar-refractivity contribution in [3.8, 4) is 11.5 Å². The van der Waals surface area contributed by atoms with Gasteiger partial charge < -0.3 is 14.4 Å². The topological polar surface area (TPSA) is 56.6 Å². The Bertz CT molecular complexity index is 1150. The quantitative estimate of drug-likeness (QED) is 0.529. The molecule has 0 aliphatic carbocycles. The molecule has 7 heteroatoms. The van der Waals surface area contributed by atoms with Crippen molar-refractivity contribution in [1.29, 1.82) is 0 Å². The van der Waals surface area contributed by atoms with E-state index < -0.39 is 0 Å². The van der Waals surface area contributed by atoms with Gasteiger partial charge in [-0.15, -0.1) is 0 Å². The number of ether oxygens (including phenoxy) is 2. The molecule has 0 unspecified atom stereocenters. The Balaban J connectivity index is 1.44. The molecule has 0 saturated heterocycles. The van der Waals surface area contributed by atoms with Crippen LogP contribution < -0.4 is 9.47 Å². The third-order valence-corrected chi connectivity index (χ3v) is 5.76. The third kappa shape index (κ3) is 4.59. The molecule has 0 fully saturated rings. The number of hydrogen-bond acceptors (Lipinski definition) is 4. The number of amides is 1. The molecule has 3 aromatic rings. The first-order valence-electron chi connectivity index (χ1n) is 10.0. The van der Waals surface area contributed by atoms with Gasteiger partial charge in [0.2, 0.25) is 12.7 Å². The highest BCUT2D eigenvalue weighted by Gasteiger charge is 2.17. The number of rotatable bonds is 6. The summed E-state index contributed by atoms with van der Waals surface area (Å²) in [4.78, 5) is 14.3. The van der Waals surface area contributed by atoms with Gasteiger partial charge in [0.25, 0.3) is 0 Å². The van der Waals surface area contributed by atoms with Crippen LogP contribution in [0.3, 0.4) is 0 Å². The van der Waals surface area contributed by atoms with E-state index in [9.17, 15) is 4.79 Å². The zero-order valence-electron chi connectivity index (χ0n) is 17.8. The predicted molar refractivity (Wildman–Crippen MR) is 120 cm³/mol. The van der Waals surface area contributed by atoms with Crippen LogP contribution in [0, 0.1) is 13.8 Å². The molecule has 6 nitrogen and oxygen atoms in total. The van der Waals surface area contributed by atoms with Crippen LogP contribution in [0.1, 0.15) is 28.1 Å². The minimum Gasteiger partial charge on any atom is -0.454 e. The van der Waals surface area contributed by atoms with Crippen LogP contribution in [-0.2, 0) is 17.9 Å². The van der Waals surface area contributed by atoms with Crippen molar-refractivity contribution < 1.29 is 14.3 Å². The van der Waals surface area contributed by atoms with Gasteiger partial charge in [-0.05, 0) is 49.2 Å². The van der Waals surface area contributed by atoms with Crippen molar-refractivity contribution in [2.24, 2.45) is 0 Å². The molecular weight excluding hydrogens is 414 g/mol. The minimum atomic E-state index is -0.0877. The Kier molecular flexibility index (Phi) is 6.00. The van der Waals surface area contributed by atoms with E-state index in [4.69, 9.17) is 21.1 Å². The van der Waals surface area contributed by atoms with E-state index in [1.807, 2.05) is 61.0 Å². The van der Waals surface area contributed by atoms with E-state index >= 15 is 0 Å². The molecule has 0 saturated carbocycles. The van der Waals surface area contributed by atoms with Crippen LogP contribution >= 0.6 is 11.6 Å². The fourth-order valence-corrected chi connectivity index (χ4v) is 3.73. The van der Waals surface area contributed by atoms with E-state index in [2.05, 4.69) is 5.10 Å². The van der Waals surface area contributed by atoms with Gasteiger partial charge in [-0.3, -0.25) is 9.48 Å². The maximum Gasteiger partial charge on any atom is 0.246 e. The molecule has 1 amide bonds. The molecule has 0 N–H and O–H groups in total. The zero-order chi connectivity index (χ0) is 22.0. The fourth-order valence-electron chi connectivity index (χ4n) is 3.53. The number of carbonyl (C=O) groups is 1. The van der Waals surface area contributed by atoms with Crippen molar-refractivity contribution in [3.05, 3.63) is 81.6 Å². The monoisotopic (exact) mass is 437 g/mol. The van der Waals surface area contributed by atoms with Crippen LogP contribution in [0.25, 0.3) is 6.08 Å². The Hall–Kier alpha value is -3.25. The highest BCUT2D eigenvalue weighted by molar-refractivity contribution is 6.31. The largest absolute Gasteiger partial charge is 0.454 e. The second kappa shape index (κ2) is 8.86. The number of halogens is 1. The molecule has 4 rings (SSSR count). The van der Waals surface area contributed by atoms with Gasteiger partial charge in [0, 0.05) is 35.9 Å². The van der Waals surface area contributed by atoms with E-state index in [1.54, 1.807) is 24.1 Å². The summed E-state index contributed by atoms with van der Waals surface area (Å²) >= 11 is 6.30. The van der Waals surface area contributed by atoms with Crippen LogP contribution in [0.5, 0.6) is 11.5 Å². The molecule has 1 aliphatic rings. The molecular formula is C24H24ClN3O3. The molecule has 0 atom stereocenters. The first kappa shape index (κ1) is 21.0. The lowest BCUT2D eigenvalue weighted by Crippen LogP contribution is -2.24. The number of nitrogens with zero attached hydrogens (tertiary/aromatic N) is 3. The highest BCUT2D eigenvalue weighted by Crippen LogP contribution is 2.32. The van der Waals surface area contributed by atoms with Crippen molar-refractivity contribution in [1.82, 2.24) is 14.7 Å². The molecule has 2 heterocycles. The standard InChI is InChI=1S/C24H24ClN3O3/c1-16-20(17(2)28(26-16)13-19-6-4-5-7-21(19)25)14-27(3)24(29)11-9-18-8-10-22-23(12-18)31-15-30-22/h4-12H,13-15H2,1-3H3/b11-9+. The summed E-state index contributed by atoms with van der Waals surface area (Å²) in [6, 6.07) is 13.3. The average Bonchev–Trinajstić information content (AvgIpc) is 3.33. The maximum absolute atomic E-state index is 12.7. The normalized spacial score (nSPS) is 12.5. The van der Waals surface area contributed by atoms with Crippen LogP contribution in [0.2, 0.25) is 5.02 Å². The van der Waals surface area contributed by atoms with Crippen LogP contribution in [0.4, 0.5) is 0 Å². The molecule has 0 bridgehead atoms. The number of aryl methyl sites for hydroxylation is 1. The Morgan fingerprint density at radius 3 is 2.77 bits per heavy atom. The van der Waals surface area contributed by atoms with Crippen LogP contribution in [0.15, 0.2) is 48.5 Å². The molecule has 160 valence electrons. The van der Waals surface area contributed by atoms with Crippen molar-refractivity contribution >= 4 is 23.6 Å². The van der Waals surface area contributed by atoms with Gasteiger partial charge in [-0.1, -0.05) is 35.9 Å². The summed E-state index contributed by atoms with van der Waals surface area (Å²) in [5, 5.41) is 5.38. The number of fused-ring (bicyclic) bond motifs is 1. The number of aromatic nitrogens is 2. The summed E-state index contributed by atoms with van der Waals surface area (Å²) in [6.07, 6.45) is 3.34. The highest BCUT2D eigenvalue weighted by atomic mass is 35.5. The summed E-state index contributed by atoms with van der Waals surface area (Å²) in [5.74, 6) is 1.33. The first-order chi connectivity index (χ1) is 14.9. The van der Waals surface area contributed by atoms with E-state index in [0.29, 0.717) is 18.8 Å². The summed E-state index contributed by atoms with van der Waals surface area (Å²) < 4.78 is 12.6. The molecule has 0 radical (unpaired) electrons. The van der Waals surface area contributed by atoms with Gasteiger partial charge in [-0.2, -0.15) is 5.10 Å². The van der Waals surface area contributed by atoms with Crippen molar-refractivity contribution in [2.45, 2.75) is 26.9 Å². The van der Waals surface area contributed by atoms with Gasteiger partial charge in [0.05, 0.1) is 12.2 Å². The van der Waals surface area contributed by atoms with Gasteiger partial charge in [0.1, 0.15) is 0 Å². The number of hydrogen-bond donors (Lipinski definition) is 0. The summed E-state index contributed by atoms with van der Waals surface area (Å²) in [5.41, 5.74) is 4.86. The number of likely N-dealkylation sites (N-methyl/N-ethyl adjacent to an activating group) is 1. The predicted octanol–water partition coefficient (Wildman–Crippen LogP) is 4.60. The SMILES string of the molecule is Cc1nn(Cc2ccccc2Cl)c(C)c1CN(C)C(=O)/C=C/c1ccc2c(c1)OCO2. The van der Waals surface area contributed by atoms with Gasteiger partial charge >= 0.3 is 0 Å². The average molecular weight is 438 g/mol. The van der Waals surface area contributed by atoms with Gasteiger partial charge in [0.15, 0.2) is 11.5 Å². The minimum absolute atomic E-state index is 0.0877. The molecule has 31 heavy (non-hydrogen) atoms. The number of carbonyl (C=O) groups excluding carboxylic acids is 1. The Labute approximate surface area is 186 Å².